The van der Waals surface area contributed by atoms with Gasteiger partial charge >= 0.3 is 0 Å². The van der Waals surface area contributed by atoms with E-state index in [4.69, 9.17) is 10.6 Å². The van der Waals surface area contributed by atoms with Crippen molar-refractivity contribution >= 4 is 33.0 Å². The van der Waals surface area contributed by atoms with E-state index in [2.05, 4.69) is 48.0 Å². The normalized spacial score (nSPS) is 17.6. The summed E-state index contributed by atoms with van der Waals surface area (Å²) in [7, 11) is 2.15. The zero-order chi connectivity index (χ0) is 24.3. The molecule has 184 valence electrons. The molecule has 1 aliphatic carbocycles. The molecule has 2 aliphatic rings. The Morgan fingerprint density at radius 3 is 2.33 bits per heavy atom. The Labute approximate surface area is 202 Å². The van der Waals surface area contributed by atoms with Crippen molar-refractivity contribution in [2.24, 2.45) is 17.2 Å². The fourth-order valence-electron chi connectivity index (χ4n) is 4.33. The van der Waals surface area contributed by atoms with Crippen molar-refractivity contribution in [1.82, 2.24) is 14.8 Å². The van der Waals surface area contributed by atoms with Crippen molar-refractivity contribution in [3.05, 3.63) is 16.1 Å². The first-order valence-electron chi connectivity index (χ1n) is 12.0. The first kappa shape index (κ1) is 25.9. The number of Topliss-reactive ketones (excluding diaryl/α,β-unsaturated/α-hetero) is 1. The molecule has 2 aromatic rings. The smallest absolute Gasteiger partial charge is 0.171 e. The number of nitrogen functional groups attached to an aromatic ring is 1. The van der Waals surface area contributed by atoms with Crippen LogP contribution in [0.2, 0.25) is 0 Å². The van der Waals surface area contributed by atoms with Crippen LogP contribution >= 0.6 is 11.3 Å². The summed E-state index contributed by atoms with van der Waals surface area (Å²) in [4.78, 5) is 22.7. The minimum absolute atomic E-state index is 0.0180. The van der Waals surface area contributed by atoms with E-state index in [0.29, 0.717) is 22.6 Å². The number of piperazine rings is 1. The van der Waals surface area contributed by atoms with Crippen LogP contribution in [0.1, 0.15) is 61.5 Å². The molecule has 0 spiro atoms. The maximum absolute atomic E-state index is 11.9. The standard InChI is InChI=1S/C18H27N5O2S.C7H14/c1-11-14-15(21-19)17(13(3)24)26-18(14)20-12(2)16(11)25-10-9-23-7-5-22(4)6-8-23;1-7(2,3)6-4-5-6/h21H,5-10,19H2,1-4H3;6H,4-5H2,1-3H3. The molecule has 0 bridgehead atoms. The highest BCUT2D eigenvalue weighted by Gasteiger charge is 2.33. The lowest BCUT2D eigenvalue weighted by atomic mass is 9.91. The molecule has 1 saturated carbocycles. The van der Waals surface area contributed by atoms with Crippen molar-refractivity contribution in [2.45, 2.75) is 54.4 Å². The van der Waals surface area contributed by atoms with Gasteiger partial charge < -0.3 is 15.1 Å². The van der Waals surface area contributed by atoms with Gasteiger partial charge in [-0.1, -0.05) is 20.8 Å². The number of hydrogen-bond acceptors (Lipinski definition) is 8. The number of anilines is 1. The number of aromatic nitrogens is 1. The third-order valence-electron chi connectivity index (χ3n) is 6.72. The number of nitrogens with one attached hydrogen (secondary N) is 1. The number of ketones is 1. The van der Waals surface area contributed by atoms with Crippen LogP contribution in [-0.2, 0) is 0 Å². The quantitative estimate of drug-likeness (QED) is 0.362. The summed E-state index contributed by atoms with van der Waals surface area (Å²) in [5.41, 5.74) is 5.75. The van der Waals surface area contributed by atoms with Crippen LogP contribution in [0.5, 0.6) is 5.75 Å². The van der Waals surface area contributed by atoms with Gasteiger partial charge in [0, 0.05) is 50.6 Å². The van der Waals surface area contributed by atoms with Crippen LogP contribution in [0.4, 0.5) is 5.69 Å². The van der Waals surface area contributed by atoms with Gasteiger partial charge in [-0.05, 0) is 45.1 Å². The number of carbonyl (C=O) groups is 1. The Morgan fingerprint density at radius 2 is 1.85 bits per heavy atom. The predicted molar refractivity (Wildman–Crippen MR) is 139 cm³/mol. The number of nitrogens with two attached hydrogens (primary N) is 1. The number of hydrazine groups is 1. The summed E-state index contributed by atoms with van der Waals surface area (Å²) in [5, 5.41) is 0.878. The van der Waals surface area contributed by atoms with E-state index in [9.17, 15) is 4.79 Å². The number of carbonyl (C=O) groups excluding carboxylic acids is 1. The lowest BCUT2D eigenvalue weighted by Crippen LogP contribution is -2.45. The second-order valence-corrected chi connectivity index (χ2v) is 11.5. The Morgan fingerprint density at radius 1 is 1.21 bits per heavy atom. The van der Waals surface area contributed by atoms with Crippen LogP contribution < -0.4 is 16.0 Å². The number of fused-ring (bicyclic) bond motifs is 1. The molecule has 33 heavy (non-hydrogen) atoms. The van der Waals surface area contributed by atoms with Crippen molar-refractivity contribution in [2.75, 3.05) is 51.8 Å². The first-order valence-corrected chi connectivity index (χ1v) is 12.8. The van der Waals surface area contributed by atoms with Crippen LogP contribution in [0.25, 0.3) is 10.2 Å². The van der Waals surface area contributed by atoms with Gasteiger partial charge in [0.15, 0.2) is 5.78 Å². The van der Waals surface area contributed by atoms with Crippen LogP contribution in [0, 0.1) is 25.2 Å². The minimum atomic E-state index is -0.0180. The molecule has 1 saturated heterocycles. The van der Waals surface area contributed by atoms with Crippen LogP contribution in [0.3, 0.4) is 0 Å². The van der Waals surface area contributed by atoms with Gasteiger partial charge in [-0.3, -0.25) is 15.5 Å². The van der Waals surface area contributed by atoms with E-state index >= 15 is 0 Å². The second-order valence-electron chi connectivity index (χ2n) is 10.5. The minimum Gasteiger partial charge on any atom is -0.490 e. The molecule has 1 aliphatic heterocycles. The van der Waals surface area contributed by atoms with Crippen LogP contribution in [0.15, 0.2) is 0 Å². The first-order chi connectivity index (χ1) is 15.5. The molecule has 0 unspecified atom stereocenters. The van der Waals surface area contributed by atoms with E-state index in [0.717, 1.165) is 65.9 Å². The van der Waals surface area contributed by atoms with Gasteiger partial charge in [0.2, 0.25) is 0 Å². The molecule has 2 aromatic heterocycles. The highest BCUT2D eigenvalue weighted by atomic mass is 32.1. The van der Waals surface area contributed by atoms with Crippen LogP contribution in [-0.4, -0.2) is 66.9 Å². The summed E-state index contributed by atoms with van der Waals surface area (Å²) in [6.45, 7) is 18.3. The summed E-state index contributed by atoms with van der Waals surface area (Å²) in [6, 6.07) is 0. The van der Waals surface area contributed by atoms with E-state index in [1.807, 2.05) is 13.8 Å². The molecule has 3 N–H and O–H groups in total. The lowest BCUT2D eigenvalue weighted by Gasteiger charge is -2.32. The Bertz CT molecular complexity index is 970. The van der Waals surface area contributed by atoms with Gasteiger partial charge in [-0.25, -0.2) is 4.98 Å². The van der Waals surface area contributed by atoms with E-state index in [-0.39, 0.29) is 5.78 Å². The molecular formula is C25H41N5O2S. The number of ether oxygens (including phenoxy) is 1. The van der Waals surface area contributed by atoms with Crippen molar-refractivity contribution < 1.29 is 9.53 Å². The monoisotopic (exact) mass is 475 g/mol. The average Bonchev–Trinajstić information content (AvgIpc) is 3.54. The van der Waals surface area contributed by atoms with Gasteiger partial charge in [-0.15, -0.1) is 11.3 Å². The largest absolute Gasteiger partial charge is 0.490 e. The lowest BCUT2D eigenvalue weighted by molar-refractivity contribution is 0.102. The number of likely N-dealkylation sites (N-methyl/N-ethyl adjacent to an activating group) is 1. The number of pyridine rings is 1. The molecule has 7 nitrogen and oxygen atoms in total. The molecule has 2 fully saturated rings. The highest BCUT2D eigenvalue weighted by Crippen LogP contribution is 2.44. The Hall–Kier alpha value is -1.74. The third kappa shape index (κ3) is 6.44. The highest BCUT2D eigenvalue weighted by molar-refractivity contribution is 7.21. The predicted octanol–water partition coefficient (Wildman–Crippen LogP) is 4.47. The van der Waals surface area contributed by atoms with Gasteiger partial charge in [0.25, 0.3) is 0 Å². The second kappa shape index (κ2) is 10.7. The maximum Gasteiger partial charge on any atom is 0.171 e. The zero-order valence-corrected chi connectivity index (χ0v) is 22.2. The van der Waals surface area contributed by atoms with Gasteiger partial charge in [0.1, 0.15) is 17.2 Å². The van der Waals surface area contributed by atoms with Crippen molar-refractivity contribution in [3.63, 3.8) is 0 Å². The molecule has 4 rings (SSSR count). The maximum atomic E-state index is 11.9. The SMILES string of the molecule is CC(=O)c1sc2nc(C)c(OCCN3CCN(C)CC3)c(C)c2c1NN.CC(C)(C)C1CC1. The van der Waals surface area contributed by atoms with E-state index < -0.39 is 0 Å². The fourth-order valence-corrected chi connectivity index (χ4v) is 5.47. The molecular weight excluding hydrogens is 434 g/mol. The molecule has 0 radical (unpaired) electrons. The summed E-state index contributed by atoms with van der Waals surface area (Å²) in [5.74, 6) is 7.51. The molecule has 0 amide bonds. The number of aryl methyl sites for hydroxylation is 2. The Balaban J connectivity index is 0.000000374. The summed E-state index contributed by atoms with van der Waals surface area (Å²) < 4.78 is 6.11. The summed E-state index contributed by atoms with van der Waals surface area (Å²) >= 11 is 1.37. The Kier molecular flexibility index (Phi) is 8.37. The van der Waals surface area contributed by atoms with Crippen molar-refractivity contribution in [1.29, 1.82) is 0 Å². The molecule has 8 heteroatoms. The van der Waals surface area contributed by atoms with E-state index in [1.54, 1.807) is 6.92 Å². The number of rotatable bonds is 6. The number of thiophene rings is 1. The fraction of sp³-hybridized carbons (Fsp3) is 0.680. The van der Waals surface area contributed by atoms with Crippen molar-refractivity contribution in [3.8, 4) is 5.75 Å². The zero-order valence-electron chi connectivity index (χ0n) is 21.4. The topological polar surface area (TPSA) is 83.7 Å². The van der Waals surface area contributed by atoms with E-state index in [1.165, 1.54) is 24.2 Å². The molecule has 3 heterocycles. The molecule has 0 aromatic carbocycles. The third-order valence-corrected chi connectivity index (χ3v) is 7.90. The number of hydrogen-bond donors (Lipinski definition) is 2. The van der Waals surface area contributed by atoms with Gasteiger partial charge in [0.05, 0.1) is 16.3 Å². The summed E-state index contributed by atoms with van der Waals surface area (Å²) in [6.07, 6.45) is 2.95. The average molecular weight is 476 g/mol. The molecule has 0 atom stereocenters. The number of nitrogens with zero attached hydrogens (tertiary/aromatic N) is 3. The van der Waals surface area contributed by atoms with Gasteiger partial charge in [-0.2, -0.15) is 0 Å².